The van der Waals surface area contributed by atoms with Crippen LogP contribution in [-0.4, -0.2) is 90.1 Å². The van der Waals surface area contributed by atoms with Gasteiger partial charge in [0.1, 0.15) is 25.3 Å². The lowest BCUT2D eigenvalue weighted by molar-refractivity contribution is -0.193. The number of imidazole rings is 1. The second-order valence-electron chi connectivity index (χ2n) is 9.10. The first-order valence-corrected chi connectivity index (χ1v) is 14.3. The molecular weight excluding hydrogens is 588 g/mol. The summed E-state index contributed by atoms with van der Waals surface area (Å²) in [4.78, 5) is 64.5. The SMILES string of the molecule is CC(O)(CC(=O)O)C(=O)O.CC[C@H](C)C[P@](C)(=O)CO[C@@H]1C=C(F)[C@H](n2cnc3c(N)ncnc32)O1.O=C=O.O=C=O. The second-order valence-corrected chi connectivity index (χ2v) is 12.3. The number of aliphatic carboxylic acids is 2. The molecule has 0 fully saturated rings. The van der Waals surface area contributed by atoms with Crippen molar-refractivity contribution in [1.29, 1.82) is 0 Å². The highest BCUT2D eigenvalue weighted by atomic mass is 31.2. The van der Waals surface area contributed by atoms with Gasteiger partial charge in [0.05, 0.1) is 12.7 Å². The van der Waals surface area contributed by atoms with E-state index in [0.29, 0.717) is 23.2 Å². The number of hydrogen-bond acceptors (Lipinski definition) is 14. The van der Waals surface area contributed by atoms with Gasteiger partial charge in [0.2, 0.25) is 0 Å². The lowest BCUT2D eigenvalue weighted by Gasteiger charge is -2.20. The maximum absolute atomic E-state index is 14.4. The zero-order valence-corrected chi connectivity index (χ0v) is 23.9. The number of carboxylic acids is 2. The fraction of sp³-hybridized carbons (Fsp3) is 0.522. The molecule has 5 atom stereocenters. The van der Waals surface area contributed by atoms with E-state index in [4.69, 9.17) is 49.7 Å². The van der Waals surface area contributed by atoms with Gasteiger partial charge in [-0.15, -0.1) is 0 Å². The van der Waals surface area contributed by atoms with Crippen molar-refractivity contribution >= 4 is 48.4 Å². The first kappa shape index (κ1) is 37.8. The van der Waals surface area contributed by atoms with E-state index in [1.807, 2.05) is 0 Å². The molecule has 5 N–H and O–H groups in total. The number of carbonyl (C=O) groups excluding carboxylic acids is 4. The van der Waals surface area contributed by atoms with E-state index in [1.54, 1.807) is 6.66 Å². The van der Waals surface area contributed by atoms with Gasteiger partial charge >= 0.3 is 24.2 Å². The van der Waals surface area contributed by atoms with Crippen molar-refractivity contribution in [2.24, 2.45) is 5.92 Å². The smallest absolute Gasteiger partial charge is 0.373 e. The number of hydrogen-bond donors (Lipinski definition) is 4. The molecule has 2 aromatic heterocycles. The van der Waals surface area contributed by atoms with E-state index < -0.39 is 49.4 Å². The van der Waals surface area contributed by atoms with Gasteiger partial charge in [-0.05, 0) is 19.5 Å². The van der Waals surface area contributed by atoms with Gasteiger partial charge in [0, 0.05) is 12.2 Å². The third-order valence-corrected chi connectivity index (χ3v) is 7.39. The Balaban J connectivity index is 0.000000875. The van der Waals surface area contributed by atoms with Crippen LogP contribution < -0.4 is 5.73 Å². The average molecular weight is 619 g/mol. The molecule has 0 bridgehead atoms. The molecule has 0 amide bonds. The molecule has 0 saturated heterocycles. The van der Waals surface area contributed by atoms with E-state index in [9.17, 15) is 18.5 Å². The van der Waals surface area contributed by atoms with Crippen LogP contribution in [0, 0.1) is 5.92 Å². The number of carboxylic acid groups (broad SMARTS) is 2. The number of aromatic nitrogens is 4. The molecule has 3 heterocycles. The zero-order valence-electron chi connectivity index (χ0n) is 23.0. The highest BCUT2D eigenvalue weighted by molar-refractivity contribution is 7.62. The number of nitrogens with two attached hydrogens (primary N) is 1. The predicted molar refractivity (Wildman–Crippen MR) is 137 cm³/mol. The third kappa shape index (κ3) is 12.6. The average Bonchev–Trinajstić information content (AvgIpc) is 3.47. The van der Waals surface area contributed by atoms with Crippen LogP contribution in [0.25, 0.3) is 11.2 Å². The van der Waals surface area contributed by atoms with Crippen LogP contribution in [0.1, 0.15) is 39.8 Å². The Bertz CT molecular complexity index is 1340. The number of ether oxygens (including phenoxy) is 2. The van der Waals surface area contributed by atoms with Gasteiger partial charge in [0.25, 0.3) is 0 Å². The van der Waals surface area contributed by atoms with Crippen molar-refractivity contribution < 1.29 is 62.5 Å². The van der Waals surface area contributed by atoms with Crippen molar-refractivity contribution in [1.82, 2.24) is 19.5 Å². The molecule has 232 valence electrons. The van der Waals surface area contributed by atoms with Crippen LogP contribution in [0.4, 0.5) is 10.2 Å². The van der Waals surface area contributed by atoms with Crippen molar-refractivity contribution in [3.05, 3.63) is 24.6 Å². The molecule has 42 heavy (non-hydrogen) atoms. The summed E-state index contributed by atoms with van der Waals surface area (Å²) in [6, 6.07) is 0. The highest BCUT2D eigenvalue weighted by Crippen LogP contribution is 2.44. The summed E-state index contributed by atoms with van der Waals surface area (Å²) in [6.45, 7) is 6.74. The molecule has 1 unspecified atom stereocenters. The predicted octanol–water partition coefficient (Wildman–Crippen LogP) is 1.26. The van der Waals surface area contributed by atoms with Crippen LogP contribution in [0.5, 0.6) is 0 Å². The monoisotopic (exact) mass is 619 g/mol. The van der Waals surface area contributed by atoms with Gasteiger partial charge in [0.15, 0.2) is 35.4 Å². The Kier molecular flexibility index (Phi) is 15.9. The minimum atomic E-state index is -2.47. The van der Waals surface area contributed by atoms with Crippen LogP contribution in [0.3, 0.4) is 0 Å². The van der Waals surface area contributed by atoms with E-state index >= 15 is 0 Å². The highest BCUT2D eigenvalue weighted by Gasteiger charge is 2.33. The van der Waals surface area contributed by atoms with Crippen LogP contribution in [-0.2, 0) is 42.8 Å². The lowest BCUT2D eigenvalue weighted by Crippen LogP contribution is -2.37. The Morgan fingerprint density at radius 1 is 1.24 bits per heavy atom. The standard InChI is InChI=1S/C16H23FN5O3P.C5H8O5.2CO2/c1-4-10(2)6-26(3,23)9-24-12-5-11(17)16(25-12)22-8-21-13-14(18)19-7-20-15(13)22;1-5(10,4(8)9)2-3(6)7;2*2-1-3/h5,7-8,10,12,16H,4,6,9H2,1-3H3,(H2,18,19,20);10H,2H2,1H3,(H,6,7)(H,8,9);;/t10-,12-,16+,26-;;;/m0.../s1. The normalized spacial score (nSPS) is 18.9. The minimum absolute atomic E-state index is 0.0400. The summed E-state index contributed by atoms with van der Waals surface area (Å²) in [5.74, 6) is -2.84. The number of nitrogen functional groups attached to an aromatic ring is 1. The molecule has 0 saturated carbocycles. The molecule has 3 rings (SSSR count). The molecule has 17 nitrogen and oxygen atoms in total. The molecule has 1 aliphatic heterocycles. The van der Waals surface area contributed by atoms with E-state index in [0.717, 1.165) is 13.3 Å². The summed E-state index contributed by atoms with van der Waals surface area (Å²) < 4.78 is 39.6. The molecule has 2 aromatic rings. The fourth-order valence-corrected chi connectivity index (χ4v) is 5.36. The van der Waals surface area contributed by atoms with Gasteiger partial charge in [-0.1, -0.05) is 20.3 Å². The fourth-order valence-electron chi connectivity index (χ4n) is 3.21. The molecular formula is C23H31FN5O12P. The summed E-state index contributed by atoms with van der Waals surface area (Å²) in [5.41, 5.74) is 4.32. The van der Waals surface area contributed by atoms with E-state index in [1.165, 1.54) is 23.3 Å². The minimum Gasteiger partial charge on any atom is -0.481 e. The summed E-state index contributed by atoms with van der Waals surface area (Å²) in [7, 11) is -2.47. The molecule has 1 aliphatic rings. The number of fused-ring (bicyclic) bond motifs is 1. The van der Waals surface area contributed by atoms with Gasteiger partial charge in [-0.25, -0.2) is 24.1 Å². The Hall–Kier alpha value is -4.17. The number of nitrogens with zero attached hydrogens (tertiary/aromatic N) is 4. The number of anilines is 1. The molecule has 0 radical (unpaired) electrons. The van der Waals surface area contributed by atoms with Crippen molar-refractivity contribution in [2.75, 3.05) is 24.9 Å². The number of carbonyl (C=O) groups is 2. The molecule has 0 aromatic carbocycles. The number of rotatable bonds is 10. The first-order valence-electron chi connectivity index (χ1n) is 11.8. The molecule has 0 spiro atoms. The lowest BCUT2D eigenvalue weighted by atomic mass is 10.0. The van der Waals surface area contributed by atoms with Crippen molar-refractivity contribution in [3.63, 3.8) is 0 Å². The third-order valence-electron chi connectivity index (χ3n) is 5.30. The van der Waals surface area contributed by atoms with Crippen molar-refractivity contribution in [3.8, 4) is 0 Å². The second kappa shape index (κ2) is 17.6. The topological polar surface area (TPSA) is 268 Å². The largest absolute Gasteiger partial charge is 0.481 e. The van der Waals surface area contributed by atoms with Crippen LogP contribution in [0.2, 0.25) is 0 Å². The summed E-state index contributed by atoms with van der Waals surface area (Å²) >= 11 is 0. The van der Waals surface area contributed by atoms with Crippen LogP contribution in [0.15, 0.2) is 24.6 Å². The van der Waals surface area contributed by atoms with E-state index in [-0.39, 0.29) is 24.5 Å². The summed E-state index contributed by atoms with van der Waals surface area (Å²) in [6.07, 6.45) is 3.23. The molecule has 19 heteroatoms. The Morgan fingerprint density at radius 3 is 2.29 bits per heavy atom. The van der Waals surface area contributed by atoms with E-state index in [2.05, 4.69) is 28.8 Å². The van der Waals surface area contributed by atoms with Gasteiger partial charge in [-0.3, -0.25) is 9.36 Å². The Labute approximate surface area is 237 Å². The number of aliphatic hydroxyl groups is 1. The van der Waals surface area contributed by atoms with Crippen LogP contribution >= 0.6 is 7.14 Å². The maximum atomic E-state index is 14.4. The maximum Gasteiger partial charge on any atom is 0.373 e. The summed E-state index contributed by atoms with van der Waals surface area (Å²) in [5, 5.41) is 25.0. The Morgan fingerprint density at radius 2 is 1.81 bits per heavy atom. The number of halogens is 1. The van der Waals surface area contributed by atoms with Gasteiger partial charge < -0.3 is 35.1 Å². The zero-order chi connectivity index (χ0) is 32.7. The van der Waals surface area contributed by atoms with Crippen molar-refractivity contribution in [2.45, 2.75) is 51.7 Å². The van der Waals surface area contributed by atoms with Gasteiger partial charge in [-0.2, -0.15) is 19.2 Å². The first-order chi connectivity index (χ1) is 19.5. The quantitative estimate of drug-likeness (QED) is 0.272. The molecule has 0 aliphatic carbocycles.